The molecule has 92 valence electrons. The van der Waals surface area contributed by atoms with Gasteiger partial charge in [0.25, 0.3) is 0 Å². The monoisotopic (exact) mass is 245 g/mol. The fraction of sp³-hybridized carbons (Fsp3) is 0.250. The molecule has 6 nitrogen and oxygen atoms in total. The van der Waals surface area contributed by atoms with E-state index in [2.05, 4.69) is 10.1 Å². The average Bonchev–Trinajstić information content (AvgIpc) is 2.85. The fourth-order valence-corrected chi connectivity index (χ4v) is 1.45. The second-order valence-electron chi connectivity index (χ2n) is 3.56. The number of nitriles is 1. The molecule has 0 radical (unpaired) electrons. The summed E-state index contributed by atoms with van der Waals surface area (Å²) in [6, 6.07) is 6.79. The van der Waals surface area contributed by atoms with E-state index in [9.17, 15) is 5.11 Å². The first kappa shape index (κ1) is 11.9. The second-order valence-corrected chi connectivity index (χ2v) is 3.56. The van der Waals surface area contributed by atoms with Crippen LogP contribution in [0.1, 0.15) is 12.3 Å². The van der Waals surface area contributed by atoms with E-state index in [0.29, 0.717) is 35.9 Å². The predicted molar refractivity (Wildman–Crippen MR) is 61.9 cm³/mol. The van der Waals surface area contributed by atoms with Gasteiger partial charge in [-0.2, -0.15) is 10.2 Å². The number of nitrogens with zero attached hydrogens (tertiary/aromatic N) is 3. The van der Waals surface area contributed by atoms with Crippen LogP contribution in [-0.4, -0.2) is 22.4 Å². The van der Waals surface area contributed by atoms with Gasteiger partial charge in [-0.05, 0) is 18.2 Å². The topological polar surface area (TPSA) is 92.2 Å². The largest absolute Gasteiger partial charge is 0.504 e. The molecule has 0 aliphatic heterocycles. The Morgan fingerprint density at radius 2 is 2.33 bits per heavy atom. The lowest BCUT2D eigenvalue weighted by molar-refractivity contribution is 0.373. The van der Waals surface area contributed by atoms with Crippen LogP contribution < -0.4 is 4.74 Å². The maximum atomic E-state index is 9.48. The summed E-state index contributed by atoms with van der Waals surface area (Å²) in [5, 5.41) is 21.8. The summed E-state index contributed by atoms with van der Waals surface area (Å²) in [4.78, 5) is 4.16. The van der Waals surface area contributed by atoms with Crippen molar-refractivity contribution in [1.82, 2.24) is 10.1 Å². The number of hydrogen-bond acceptors (Lipinski definition) is 6. The van der Waals surface area contributed by atoms with Crippen LogP contribution in [0, 0.1) is 11.3 Å². The van der Waals surface area contributed by atoms with E-state index in [1.807, 2.05) is 6.07 Å². The van der Waals surface area contributed by atoms with Crippen molar-refractivity contribution in [1.29, 1.82) is 5.26 Å². The van der Waals surface area contributed by atoms with Gasteiger partial charge in [-0.1, -0.05) is 5.16 Å². The van der Waals surface area contributed by atoms with Crippen molar-refractivity contribution in [3.05, 3.63) is 24.1 Å². The molecule has 1 N–H and O–H groups in total. The number of aromatic hydroxyl groups is 1. The van der Waals surface area contributed by atoms with Gasteiger partial charge in [-0.25, -0.2) is 0 Å². The fourth-order valence-electron chi connectivity index (χ4n) is 1.45. The van der Waals surface area contributed by atoms with E-state index in [1.54, 1.807) is 12.1 Å². The molecule has 0 aliphatic rings. The summed E-state index contributed by atoms with van der Waals surface area (Å²) < 4.78 is 10.0. The van der Waals surface area contributed by atoms with Crippen LogP contribution >= 0.6 is 0 Å². The van der Waals surface area contributed by atoms with Crippen molar-refractivity contribution < 1.29 is 14.4 Å². The van der Waals surface area contributed by atoms with Gasteiger partial charge >= 0.3 is 0 Å². The van der Waals surface area contributed by atoms with E-state index in [0.717, 1.165) is 0 Å². The molecule has 0 amide bonds. The number of phenolic OH excluding ortho intramolecular Hbond substituents is 1. The number of rotatable bonds is 4. The minimum atomic E-state index is 0.0504. The quantitative estimate of drug-likeness (QED) is 0.884. The zero-order chi connectivity index (χ0) is 13.0. The lowest BCUT2D eigenvalue weighted by Crippen LogP contribution is -1.87. The molecule has 18 heavy (non-hydrogen) atoms. The Bertz CT molecular complexity index is 586. The van der Waals surface area contributed by atoms with Crippen molar-refractivity contribution in [2.24, 2.45) is 0 Å². The Labute approximate surface area is 103 Å². The molecular formula is C12H11N3O3. The molecule has 0 unspecified atom stereocenters. The summed E-state index contributed by atoms with van der Waals surface area (Å²) in [7, 11) is 1.47. The molecule has 1 aromatic heterocycles. The minimum absolute atomic E-state index is 0.0504. The third kappa shape index (κ3) is 2.40. The summed E-state index contributed by atoms with van der Waals surface area (Å²) in [5.41, 5.74) is 0.677. The molecule has 2 rings (SSSR count). The lowest BCUT2D eigenvalue weighted by Gasteiger charge is -2.03. The van der Waals surface area contributed by atoms with E-state index < -0.39 is 0 Å². The van der Waals surface area contributed by atoms with E-state index >= 15 is 0 Å². The van der Waals surface area contributed by atoms with E-state index in [-0.39, 0.29) is 5.75 Å². The summed E-state index contributed by atoms with van der Waals surface area (Å²) in [6.45, 7) is 0. The number of methoxy groups -OCH3 is 1. The first-order chi connectivity index (χ1) is 8.74. The normalized spacial score (nSPS) is 10.0. The van der Waals surface area contributed by atoms with Gasteiger partial charge in [0.15, 0.2) is 11.5 Å². The first-order valence-corrected chi connectivity index (χ1v) is 5.31. The molecule has 0 aliphatic carbocycles. The standard InChI is InChI=1S/C12H11N3O3/c1-17-10-7-8(4-5-9(10)16)12-14-11(18-15-12)3-2-6-13/h4-5,7,16H,2-3H2,1H3. The van der Waals surface area contributed by atoms with Crippen LogP contribution in [0.3, 0.4) is 0 Å². The van der Waals surface area contributed by atoms with Gasteiger partial charge in [-0.15, -0.1) is 0 Å². The molecule has 0 fully saturated rings. The Kier molecular flexibility index (Phi) is 3.44. The van der Waals surface area contributed by atoms with Gasteiger partial charge in [0.05, 0.1) is 13.2 Å². The molecule has 6 heteroatoms. The van der Waals surface area contributed by atoms with Gasteiger partial charge in [0.2, 0.25) is 11.7 Å². The van der Waals surface area contributed by atoms with Crippen LogP contribution in [0.4, 0.5) is 0 Å². The van der Waals surface area contributed by atoms with Crippen LogP contribution in [0.25, 0.3) is 11.4 Å². The third-order valence-corrected chi connectivity index (χ3v) is 2.36. The highest BCUT2D eigenvalue weighted by Crippen LogP contribution is 2.30. The molecule has 1 aromatic carbocycles. The number of aryl methyl sites for hydroxylation is 1. The van der Waals surface area contributed by atoms with Crippen LogP contribution in [0.5, 0.6) is 11.5 Å². The average molecular weight is 245 g/mol. The summed E-state index contributed by atoms with van der Waals surface area (Å²) >= 11 is 0. The first-order valence-electron chi connectivity index (χ1n) is 5.31. The van der Waals surface area contributed by atoms with E-state index in [4.69, 9.17) is 14.5 Å². The molecule has 1 heterocycles. The van der Waals surface area contributed by atoms with Crippen molar-refractivity contribution >= 4 is 0 Å². The second kappa shape index (κ2) is 5.19. The maximum Gasteiger partial charge on any atom is 0.227 e. The number of aromatic nitrogens is 2. The summed E-state index contributed by atoms with van der Waals surface area (Å²) in [5.74, 6) is 1.21. The van der Waals surface area contributed by atoms with Gasteiger partial charge in [0, 0.05) is 18.4 Å². The van der Waals surface area contributed by atoms with Crippen LogP contribution in [-0.2, 0) is 6.42 Å². The smallest absolute Gasteiger partial charge is 0.227 e. The third-order valence-electron chi connectivity index (χ3n) is 2.36. The number of hydrogen-bond donors (Lipinski definition) is 1. The molecular weight excluding hydrogens is 234 g/mol. The summed E-state index contributed by atoms with van der Waals surface area (Å²) in [6.07, 6.45) is 0.763. The van der Waals surface area contributed by atoms with E-state index in [1.165, 1.54) is 13.2 Å². The number of benzene rings is 1. The predicted octanol–water partition coefficient (Wildman–Crippen LogP) is 1.91. The van der Waals surface area contributed by atoms with Crippen molar-refractivity contribution in [3.8, 4) is 29.0 Å². The molecule has 2 aromatic rings. The highest BCUT2D eigenvalue weighted by molar-refractivity contribution is 5.60. The van der Waals surface area contributed by atoms with Crippen molar-refractivity contribution in [3.63, 3.8) is 0 Å². The number of phenols is 1. The molecule has 0 saturated heterocycles. The Morgan fingerprint density at radius 1 is 1.50 bits per heavy atom. The highest BCUT2D eigenvalue weighted by Gasteiger charge is 2.11. The Balaban J connectivity index is 2.26. The molecule has 0 spiro atoms. The maximum absolute atomic E-state index is 9.48. The Morgan fingerprint density at radius 3 is 3.06 bits per heavy atom. The minimum Gasteiger partial charge on any atom is -0.504 e. The highest BCUT2D eigenvalue weighted by atomic mass is 16.5. The van der Waals surface area contributed by atoms with Crippen LogP contribution in [0.15, 0.2) is 22.7 Å². The van der Waals surface area contributed by atoms with Gasteiger partial charge in [-0.3, -0.25) is 0 Å². The number of ether oxygens (including phenoxy) is 1. The van der Waals surface area contributed by atoms with Crippen molar-refractivity contribution in [2.45, 2.75) is 12.8 Å². The molecule has 0 saturated carbocycles. The Hall–Kier alpha value is -2.55. The van der Waals surface area contributed by atoms with Crippen LogP contribution in [0.2, 0.25) is 0 Å². The zero-order valence-corrected chi connectivity index (χ0v) is 9.75. The van der Waals surface area contributed by atoms with Gasteiger partial charge < -0.3 is 14.4 Å². The molecule has 0 bridgehead atoms. The molecule has 0 atom stereocenters. The lowest BCUT2D eigenvalue weighted by atomic mass is 10.2. The SMILES string of the molecule is COc1cc(-c2noc(CCC#N)n2)ccc1O. The zero-order valence-electron chi connectivity index (χ0n) is 9.75. The van der Waals surface area contributed by atoms with Gasteiger partial charge in [0.1, 0.15) is 0 Å². The van der Waals surface area contributed by atoms with Crippen molar-refractivity contribution in [2.75, 3.05) is 7.11 Å².